The summed E-state index contributed by atoms with van der Waals surface area (Å²) in [5.41, 5.74) is -3.84. The van der Waals surface area contributed by atoms with Crippen LogP contribution in [0.5, 0.6) is 0 Å². The molecule has 0 fully saturated rings. The third kappa shape index (κ3) is 10.7. The molecule has 1 atom stereocenters. The van der Waals surface area contributed by atoms with E-state index in [2.05, 4.69) is 6.92 Å². The van der Waals surface area contributed by atoms with Gasteiger partial charge in [0, 0.05) is 0 Å². The maximum Gasteiger partial charge on any atom is 0.306 e. The molecule has 6 nitrogen and oxygen atoms in total. The van der Waals surface area contributed by atoms with Crippen LogP contribution in [0, 0.1) is 5.92 Å². The average molecular weight is 335 g/mol. The lowest BCUT2D eigenvalue weighted by molar-refractivity contribution is -0.288. The molecule has 0 saturated carbocycles. The number of carbonyl (C=O) groups is 1. The van der Waals surface area contributed by atoms with Crippen molar-refractivity contribution in [3.8, 4) is 0 Å². The number of hydrogen-bond donors (Lipinski definition) is 4. The van der Waals surface area contributed by atoms with Gasteiger partial charge in [-0.15, -0.1) is 0 Å². The molecular weight excluding hydrogens is 298 g/mol. The Labute approximate surface area is 141 Å². The zero-order valence-corrected chi connectivity index (χ0v) is 16.1. The van der Waals surface area contributed by atoms with E-state index in [-0.39, 0.29) is 5.92 Å². The molecule has 0 aromatic rings. The molecule has 0 radical (unpaired) electrons. The average Bonchev–Trinajstić information content (AvgIpc) is 2.23. The van der Waals surface area contributed by atoms with E-state index in [1.807, 2.05) is 6.92 Å². The van der Waals surface area contributed by atoms with Gasteiger partial charge in [0.05, 0.1) is 5.92 Å². The van der Waals surface area contributed by atoms with Gasteiger partial charge in [0.25, 0.3) is 0 Å². The maximum atomic E-state index is 10.4. The first-order chi connectivity index (χ1) is 10.1. The van der Waals surface area contributed by atoms with E-state index in [0.29, 0.717) is 0 Å². The Kier molecular flexibility index (Phi) is 10.2. The molecule has 0 aliphatic heterocycles. The lowest BCUT2D eigenvalue weighted by atomic mass is 10.00. The fourth-order valence-corrected chi connectivity index (χ4v) is 2.96. The summed E-state index contributed by atoms with van der Waals surface area (Å²) < 4.78 is 0. The van der Waals surface area contributed by atoms with Gasteiger partial charge < -0.3 is 20.4 Å². The second kappa shape index (κ2) is 9.57. The van der Waals surface area contributed by atoms with Crippen molar-refractivity contribution in [3.05, 3.63) is 0 Å². The van der Waals surface area contributed by atoms with Gasteiger partial charge in [-0.3, -0.25) is 4.79 Å². The van der Waals surface area contributed by atoms with Gasteiger partial charge in [0.1, 0.15) is 17.2 Å². The summed E-state index contributed by atoms with van der Waals surface area (Å²) in [5.74, 6) is -0.754. The molecular formula is C17H37NO5. The van der Waals surface area contributed by atoms with Crippen molar-refractivity contribution < 1.29 is 25.2 Å². The van der Waals surface area contributed by atoms with Crippen molar-refractivity contribution in [2.75, 3.05) is 0 Å². The molecule has 0 saturated heterocycles. The summed E-state index contributed by atoms with van der Waals surface area (Å²) in [4.78, 5) is 11.7. The van der Waals surface area contributed by atoms with Gasteiger partial charge in [0.2, 0.25) is 0 Å². The summed E-state index contributed by atoms with van der Waals surface area (Å²) in [6.07, 6.45) is 3.71. The van der Waals surface area contributed by atoms with Crippen LogP contribution in [0.3, 0.4) is 0 Å². The normalized spacial score (nSPS) is 14.3. The van der Waals surface area contributed by atoms with E-state index in [9.17, 15) is 20.1 Å². The second-order valence-corrected chi connectivity index (χ2v) is 7.40. The van der Waals surface area contributed by atoms with Crippen molar-refractivity contribution in [1.82, 2.24) is 4.90 Å². The van der Waals surface area contributed by atoms with E-state index in [0.717, 1.165) is 25.7 Å². The van der Waals surface area contributed by atoms with Crippen LogP contribution < -0.4 is 0 Å². The Bertz CT molecular complexity index is 303. The molecule has 6 heteroatoms. The molecule has 0 rings (SSSR count). The highest BCUT2D eigenvalue weighted by Crippen LogP contribution is 2.29. The Morgan fingerprint density at radius 3 is 1.39 bits per heavy atom. The van der Waals surface area contributed by atoms with Crippen LogP contribution in [0.2, 0.25) is 0 Å². The largest absolute Gasteiger partial charge is 0.481 e. The van der Waals surface area contributed by atoms with Crippen molar-refractivity contribution in [3.63, 3.8) is 0 Å². The van der Waals surface area contributed by atoms with E-state index in [4.69, 9.17) is 5.11 Å². The Hall–Kier alpha value is -0.690. The van der Waals surface area contributed by atoms with Crippen LogP contribution in [0.15, 0.2) is 0 Å². The molecule has 140 valence electrons. The van der Waals surface area contributed by atoms with Crippen LogP contribution in [0.25, 0.3) is 0 Å². The van der Waals surface area contributed by atoms with E-state index in [1.165, 1.54) is 46.4 Å². The number of carboxylic acids is 1. The second-order valence-electron chi connectivity index (χ2n) is 7.40. The molecule has 1 unspecified atom stereocenters. The zero-order chi connectivity index (χ0) is 19.1. The fourth-order valence-electron chi connectivity index (χ4n) is 2.96. The van der Waals surface area contributed by atoms with Gasteiger partial charge in [-0.25, -0.2) is 4.90 Å². The smallest absolute Gasteiger partial charge is 0.306 e. The minimum atomic E-state index is -1.28. The highest BCUT2D eigenvalue weighted by atomic mass is 16.4. The predicted molar refractivity (Wildman–Crippen MR) is 91.7 cm³/mol. The number of aliphatic carboxylic acids is 1. The van der Waals surface area contributed by atoms with Crippen LogP contribution in [-0.4, -0.2) is 48.5 Å². The summed E-state index contributed by atoms with van der Waals surface area (Å²) in [6.45, 7) is 13.1. The van der Waals surface area contributed by atoms with Gasteiger partial charge in [-0.1, -0.05) is 26.7 Å². The van der Waals surface area contributed by atoms with Crippen LogP contribution in [0.1, 0.15) is 81.1 Å². The van der Waals surface area contributed by atoms with Crippen molar-refractivity contribution >= 4 is 5.97 Å². The number of aliphatic hydroxyl groups is 3. The monoisotopic (exact) mass is 335 g/mol. The highest BCUT2D eigenvalue weighted by molar-refractivity contribution is 5.69. The standard InChI is InChI=1S/C9H21NO3.C8H16O2/c1-7(2,11)10(8(3,4)12)9(5,6)13;1-3-5-6-7(4-2)8(9)10/h11-13H,1-6H3;7H,3-6H2,1-2H3,(H,9,10). The molecule has 0 aliphatic rings. The van der Waals surface area contributed by atoms with Gasteiger partial charge >= 0.3 is 5.97 Å². The number of hydrogen-bond acceptors (Lipinski definition) is 5. The minimum absolute atomic E-state index is 0.111. The quantitative estimate of drug-likeness (QED) is 0.509. The summed E-state index contributed by atoms with van der Waals surface area (Å²) in [5, 5.41) is 37.9. The zero-order valence-electron chi connectivity index (χ0n) is 16.1. The first-order valence-electron chi connectivity index (χ1n) is 8.29. The van der Waals surface area contributed by atoms with Crippen LogP contribution in [0.4, 0.5) is 0 Å². The number of rotatable bonds is 8. The third-order valence-corrected chi connectivity index (χ3v) is 3.39. The highest BCUT2D eigenvalue weighted by Gasteiger charge is 2.43. The first kappa shape index (κ1) is 24.6. The molecule has 23 heavy (non-hydrogen) atoms. The molecule has 0 bridgehead atoms. The Morgan fingerprint density at radius 1 is 0.913 bits per heavy atom. The molecule has 0 amide bonds. The molecule has 0 aliphatic carbocycles. The maximum absolute atomic E-state index is 10.4. The van der Waals surface area contributed by atoms with Crippen LogP contribution >= 0.6 is 0 Å². The van der Waals surface area contributed by atoms with Crippen LogP contribution in [-0.2, 0) is 4.79 Å². The molecule has 0 aromatic carbocycles. The van der Waals surface area contributed by atoms with Gasteiger partial charge in [-0.05, 0) is 54.4 Å². The van der Waals surface area contributed by atoms with Crippen molar-refractivity contribution in [2.24, 2.45) is 5.92 Å². The van der Waals surface area contributed by atoms with E-state index >= 15 is 0 Å². The van der Waals surface area contributed by atoms with E-state index in [1.54, 1.807) is 0 Å². The molecule has 0 aromatic heterocycles. The Morgan fingerprint density at radius 2 is 1.26 bits per heavy atom. The lowest BCUT2D eigenvalue weighted by Gasteiger charge is -2.49. The molecule has 4 N–H and O–H groups in total. The predicted octanol–water partition coefficient (Wildman–Crippen LogP) is 2.76. The summed E-state index contributed by atoms with van der Waals surface area (Å²) in [7, 11) is 0. The summed E-state index contributed by atoms with van der Waals surface area (Å²) in [6, 6.07) is 0. The minimum Gasteiger partial charge on any atom is -0.481 e. The number of unbranched alkanes of at least 4 members (excludes halogenated alkanes) is 1. The summed E-state index contributed by atoms with van der Waals surface area (Å²) >= 11 is 0. The molecule has 0 heterocycles. The topological polar surface area (TPSA) is 101 Å². The van der Waals surface area contributed by atoms with Gasteiger partial charge in [-0.2, -0.15) is 0 Å². The van der Waals surface area contributed by atoms with Crippen molar-refractivity contribution in [1.29, 1.82) is 0 Å². The van der Waals surface area contributed by atoms with Crippen molar-refractivity contribution in [2.45, 2.75) is 98.2 Å². The Balaban J connectivity index is 0. The van der Waals surface area contributed by atoms with E-state index < -0.39 is 23.1 Å². The molecule has 0 spiro atoms. The number of carboxylic acid groups (broad SMARTS) is 1. The fraction of sp³-hybridized carbons (Fsp3) is 0.941. The third-order valence-electron chi connectivity index (χ3n) is 3.39. The van der Waals surface area contributed by atoms with Gasteiger partial charge in [0.15, 0.2) is 0 Å². The number of nitrogens with zero attached hydrogens (tertiary/aromatic N) is 1. The first-order valence-corrected chi connectivity index (χ1v) is 8.29. The lowest BCUT2D eigenvalue weighted by Crippen LogP contribution is -2.64. The SMILES string of the molecule is CC(C)(O)N(C(C)(C)O)C(C)(C)O.CCCCC(CC)C(=O)O.